The third-order valence-corrected chi connectivity index (χ3v) is 8.62. The zero-order valence-corrected chi connectivity index (χ0v) is 19.4. The molecule has 2 saturated heterocycles. The number of rotatable bonds is 2. The Morgan fingerprint density at radius 2 is 1.49 bits per heavy atom. The number of aryl methyl sites for hydroxylation is 1. The van der Waals surface area contributed by atoms with Crippen LogP contribution in [0.2, 0.25) is 0 Å². The maximum Gasteiger partial charge on any atom is 0.251 e. The zero-order chi connectivity index (χ0) is 23.9. The van der Waals surface area contributed by atoms with Crippen LogP contribution in [0.5, 0.6) is 0 Å². The van der Waals surface area contributed by atoms with Crippen LogP contribution in [0.25, 0.3) is 0 Å². The summed E-state index contributed by atoms with van der Waals surface area (Å²) in [5.41, 5.74) is 1.86. The lowest BCUT2D eigenvalue weighted by Gasteiger charge is -2.43. The van der Waals surface area contributed by atoms with Gasteiger partial charge in [-0.2, -0.15) is 0 Å². The van der Waals surface area contributed by atoms with Crippen molar-refractivity contribution < 1.29 is 14.4 Å². The van der Waals surface area contributed by atoms with Crippen LogP contribution in [-0.4, -0.2) is 35.1 Å². The predicted molar refractivity (Wildman–Crippen MR) is 132 cm³/mol. The van der Waals surface area contributed by atoms with Gasteiger partial charge in [0.1, 0.15) is 11.0 Å². The third kappa shape index (κ3) is 2.26. The van der Waals surface area contributed by atoms with E-state index in [-0.39, 0.29) is 23.6 Å². The Labute approximate surface area is 203 Å². The molecule has 35 heavy (non-hydrogen) atoms. The van der Waals surface area contributed by atoms with Crippen molar-refractivity contribution in [3.8, 4) is 0 Å². The van der Waals surface area contributed by atoms with Crippen LogP contribution in [0, 0.1) is 12.8 Å². The molecule has 3 aromatic rings. The molecular weight excluding hydrogens is 438 g/mol. The van der Waals surface area contributed by atoms with E-state index in [1.54, 1.807) is 0 Å². The largest absolute Gasteiger partial charge is 0.325 e. The number of carbonyl (C=O) groups is 3. The number of carbonyl (C=O) groups excluding carboxylic acids is 3. The first-order valence-corrected chi connectivity index (χ1v) is 12.2. The molecule has 6 heteroatoms. The zero-order valence-electron chi connectivity index (χ0n) is 19.4. The van der Waals surface area contributed by atoms with Crippen LogP contribution in [0.3, 0.4) is 0 Å². The van der Waals surface area contributed by atoms with E-state index in [2.05, 4.69) is 15.5 Å². The molecule has 4 atom stereocenters. The van der Waals surface area contributed by atoms with Crippen LogP contribution in [0.4, 0.5) is 11.4 Å². The molecule has 0 radical (unpaired) electrons. The van der Waals surface area contributed by atoms with Crippen LogP contribution >= 0.6 is 0 Å². The highest BCUT2D eigenvalue weighted by atomic mass is 16.2. The number of ketones is 1. The minimum Gasteiger partial charge on any atom is -0.325 e. The van der Waals surface area contributed by atoms with Crippen molar-refractivity contribution in [1.29, 1.82) is 0 Å². The topological polar surface area (TPSA) is 78.5 Å². The second kappa shape index (κ2) is 6.89. The van der Waals surface area contributed by atoms with Gasteiger partial charge in [-0.1, -0.05) is 66.2 Å². The summed E-state index contributed by atoms with van der Waals surface area (Å²) in [6, 6.07) is 22.5. The van der Waals surface area contributed by atoms with E-state index in [0.717, 1.165) is 29.5 Å². The number of nitrogens with zero attached hydrogens (tertiary/aromatic N) is 1. The van der Waals surface area contributed by atoms with Gasteiger partial charge in [-0.05, 0) is 44.0 Å². The summed E-state index contributed by atoms with van der Waals surface area (Å²) in [7, 11) is 0. The fraction of sp³-hybridized carbons (Fsp3) is 0.276. The van der Waals surface area contributed by atoms with Crippen LogP contribution < -0.4 is 10.6 Å². The molecule has 3 aromatic carbocycles. The molecule has 7 rings (SSSR count). The van der Waals surface area contributed by atoms with Crippen LogP contribution in [0.1, 0.15) is 39.9 Å². The highest BCUT2D eigenvalue weighted by Gasteiger charge is 2.81. The number of fused-ring (bicyclic) bond motifs is 7. The molecule has 2 amide bonds. The smallest absolute Gasteiger partial charge is 0.251 e. The molecule has 4 aliphatic rings. The molecule has 4 heterocycles. The molecule has 0 aromatic heterocycles. The summed E-state index contributed by atoms with van der Waals surface area (Å²) in [6.45, 7) is 2.64. The highest BCUT2D eigenvalue weighted by molar-refractivity contribution is 6.21. The molecule has 0 aliphatic carbocycles. The Hall–Kier alpha value is -3.77. The van der Waals surface area contributed by atoms with E-state index in [1.807, 2.05) is 79.7 Å². The summed E-state index contributed by atoms with van der Waals surface area (Å²) in [5.74, 6) is -1.28. The van der Waals surface area contributed by atoms with E-state index in [4.69, 9.17) is 0 Å². The van der Waals surface area contributed by atoms with Gasteiger partial charge < -0.3 is 10.6 Å². The van der Waals surface area contributed by atoms with Crippen molar-refractivity contribution in [3.05, 3.63) is 95.1 Å². The van der Waals surface area contributed by atoms with E-state index in [1.165, 1.54) is 0 Å². The maximum absolute atomic E-state index is 14.4. The number of anilines is 2. The highest BCUT2D eigenvalue weighted by Crippen LogP contribution is 2.67. The monoisotopic (exact) mass is 463 g/mol. The number of para-hydroxylation sites is 2. The Morgan fingerprint density at radius 1 is 0.857 bits per heavy atom. The molecule has 0 saturated carbocycles. The normalized spacial score (nSPS) is 30.3. The molecule has 174 valence electrons. The predicted octanol–water partition coefficient (Wildman–Crippen LogP) is 4.01. The lowest BCUT2D eigenvalue weighted by Crippen LogP contribution is -2.62. The molecule has 0 bridgehead atoms. The number of hydrogen-bond acceptors (Lipinski definition) is 4. The first kappa shape index (κ1) is 20.6. The van der Waals surface area contributed by atoms with Gasteiger partial charge in [0, 0.05) is 28.5 Å². The van der Waals surface area contributed by atoms with Gasteiger partial charge in [-0.3, -0.25) is 19.3 Å². The quantitative estimate of drug-likeness (QED) is 0.563. The Kier molecular flexibility index (Phi) is 4.05. The second-order valence-electron chi connectivity index (χ2n) is 10.1. The number of amides is 2. The summed E-state index contributed by atoms with van der Waals surface area (Å²) in [6.07, 6.45) is 1.63. The average Bonchev–Trinajstić information content (AvgIpc) is 3.58. The second-order valence-corrected chi connectivity index (χ2v) is 10.1. The van der Waals surface area contributed by atoms with Crippen LogP contribution in [0.15, 0.2) is 72.8 Å². The summed E-state index contributed by atoms with van der Waals surface area (Å²) in [5, 5.41) is 6.15. The van der Waals surface area contributed by atoms with Crippen molar-refractivity contribution in [3.63, 3.8) is 0 Å². The molecule has 6 nitrogen and oxygen atoms in total. The van der Waals surface area contributed by atoms with E-state index >= 15 is 0 Å². The number of hydrogen-bond donors (Lipinski definition) is 2. The van der Waals surface area contributed by atoms with Gasteiger partial charge >= 0.3 is 0 Å². The van der Waals surface area contributed by atoms with E-state index in [0.29, 0.717) is 23.5 Å². The fourth-order valence-corrected chi connectivity index (χ4v) is 7.43. The summed E-state index contributed by atoms with van der Waals surface area (Å²) >= 11 is 0. The number of benzene rings is 3. The number of Topliss-reactive ketones (excluding diaryl/α,β-unsaturated/α-hetero) is 1. The molecular formula is C29H25N3O3. The minimum atomic E-state index is -1.38. The first-order valence-electron chi connectivity index (χ1n) is 12.2. The summed E-state index contributed by atoms with van der Waals surface area (Å²) in [4.78, 5) is 45.2. The average molecular weight is 464 g/mol. The van der Waals surface area contributed by atoms with Gasteiger partial charge in [0.15, 0.2) is 5.78 Å². The summed E-state index contributed by atoms with van der Waals surface area (Å²) < 4.78 is 0. The van der Waals surface area contributed by atoms with E-state index in [9.17, 15) is 14.4 Å². The van der Waals surface area contributed by atoms with Crippen molar-refractivity contribution in [2.45, 2.75) is 36.8 Å². The van der Waals surface area contributed by atoms with Crippen LogP contribution in [-0.2, 0) is 20.5 Å². The maximum atomic E-state index is 14.4. The fourth-order valence-electron chi connectivity index (χ4n) is 7.43. The Morgan fingerprint density at radius 3 is 2.23 bits per heavy atom. The van der Waals surface area contributed by atoms with Gasteiger partial charge in [0.2, 0.25) is 5.91 Å². The van der Waals surface area contributed by atoms with Gasteiger partial charge in [-0.25, -0.2) is 0 Å². The lowest BCUT2D eigenvalue weighted by atomic mass is 9.57. The Balaban J connectivity index is 1.58. The first-order chi connectivity index (χ1) is 17.0. The molecule has 2 fully saturated rings. The molecule has 4 aliphatic heterocycles. The lowest BCUT2D eigenvalue weighted by molar-refractivity contribution is -0.137. The van der Waals surface area contributed by atoms with Gasteiger partial charge in [0.25, 0.3) is 5.91 Å². The molecule has 0 unspecified atom stereocenters. The van der Waals surface area contributed by atoms with Crippen molar-refractivity contribution in [2.75, 3.05) is 17.2 Å². The van der Waals surface area contributed by atoms with Crippen molar-refractivity contribution in [1.82, 2.24) is 4.90 Å². The van der Waals surface area contributed by atoms with Gasteiger partial charge in [0.05, 0.1) is 5.92 Å². The van der Waals surface area contributed by atoms with Crippen molar-refractivity contribution in [2.24, 2.45) is 5.92 Å². The Bertz CT molecular complexity index is 1430. The van der Waals surface area contributed by atoms with Crippen molar-refractivity contribution >= 4 is 29.0 Å². The van der Waals surface area contributed by atoms with Gasteiger partial charge in [-0.15, -0.1) is 0 Å². The van der Waals surface area contributed by atoms with E-state index < -0.39 is 16.9 Å². The minimum absolute atomic E-state index is 0.0807. The standard InChI is InChI=1S/C29H25N3O3/c1-17-12-14-18(15-13-17)25(33)24-23-11-6-16-32(23)29(20-8-3-5-10-22(20)31-27(29)35)28(24)19-7-2-4-9-21(19)30-26(28)34/h2-5,7-10,12-15,23-24H,6,11,16H2,1H3,(H,30,34)(H,31,35)/t23-,24+,28-,29-/m1/s1. The third-order valence-electron chi connectivity index (χ3n) is 8.62. The molecule has 2 N–H and O–H groups in total. The number of nitrogens with one attached hydrogen (secondary N) is 2. The SMILES string of the molecule is Cc1ccc(C(=O)[C@@H]2[C@H]3CCCN3[C@]3(C(=O)Nc4ccccc43)[C@@]23C(=O)Nc2ccccc23)cc1. The molecule has 2 spiro atoms.